The van der Waals surface area contributed by atoms with Gasteiger partial charge in [0, 0.05) is 24.7 Å². The van der Waals surface area contributed by atoms with Crippen LogP contribution in [0.2, 0.25) is 0 Å². The van der Waals surface area contributed by atoms with Crippen molar-refractivity contribution in [2.24, 2.45) is 0 Å². The van der Waals surface area contributed by atoms with Crippen molar-refractivity contribution in [1.29, 1.82) is 0 Å². The highest BCUT2D eigenvalue weighted by Crippen LogP contribution is 2.27. The van der Waals surface area contributed by atoms with E-state index < -0.39 is 0 Å². The van der Waals surface area contributed by atoms with Gasteiger partial charge in [0.15, 0.2) is 5.69 Å². The molecule has 0 radical (unpaired) electrons. The lowest BCUT2D eigenvalue weighted by molar-refractivity contribution is 0.0691. The number of hydrogen-bond acceptors (Lipinski definition) is 3. The van der Waals surface area contributed by atoms with E-state index in [4.69, 9.17) is 5.10 Å². The fourth-order valence-corrected chi connectivity index (χ4v) is 4.17. The maximum absolute atomic E-state index is 13.3. The summed E-state index contributed by atoms with van der Waals surface area (Å²) in [6.45, 7) is 7.97. The molecule has 0 unspecified atom stereocenters. The number of amides is 1. The van der Waals surface area contributed by atoms with Gasteiger partial charge < -0.3 is 10.2 Å². The van der Waals surface area contributed by atoms with Crippen molar-refractivity contribution >= 4 is 5.91 Å². The fourth-order valence-electron chi connectivity index (χ4n) is 4.17. The van der Waals surface area contributed by atoms with Gasteiger partial charge in [0.05, 0.1) is 11.4 Å². The molecule has 1 amide bonds. The van der Waals surface area contributed by atoms with Crippen LogP contribution < -0.4 is 5.32 Å². The van der Waals surface area contributed by atoms with Gasteiger partial charge in [-0.1, -0.05) is 55.8 Å². The van der Waals surface area contributed by atoms with E-state index >= 15 is 0 Å². The number of carbonyl (C=O) groups excluding carboxylic acids is 1. The van der Waals surface area contributed by atoms with Crippen LogP contribution in [0.4, 0.5) is 0 Å². The van der Waals surface area contributed by atoms with Crippen molar-refractivity contribution < 1.29 is 4.79 Å². The molecule has 5 nitrogen and oxygen atoms in total. The average Bonchev–Trinajstić information content (AvgIpc) is 3.24. The molecule has 1 aromatic heterocycles. The molecule has 2 aromatic carbocycles. The number of rotatable bonds is 5. The second-order valence-corrected chi connectivity index (χ2v) is 8.82. The van der Waals surface area contributed by atoms with Gasteiger partial charge in [0.1, 0.15) is 0 Å². The number of carbonyl (C=O) groups is 1. The first-order valence-corrected chi connectivity index (χ1v) is 11.2. The lowest BCUT2D eigenvalue weighted by Crippen LogP contribution is -2.47. The van der Waals surface area contributed by atoms with E-state index in [9.17, 15) is 4.79 Å². The maximum atomic E-state index is 13.3. The van der Waals surface area contributed by atoms with E-state index in [2.05, 4.69) is 74.6 Å². The van der Waals surface area contributed by atoms with E-state index in [0.717, 1.165) is 42.9 Å². The molecule has 1 atom stereocenters. The molecule has 1 saturated heterocycles. The van der Waals surface area contributed by atoms with Gasteiger partial charge >= 0.3 is 0 Å². The van der Waals surface area contributed by atoms with E-state index in [0.29, 0.717) is 17.7 Å². The number of nitrogens with one attached hydrogen (secondary N) is 1. The zero-order valence-electron chi connectivity index (χ0n) is 18.9. The second-order valence-electron chi connectivity index (χ2n) is 8.82. The predicted octanol–water partition coefficient (Wildman–Crippen LogP) is 4.80. The van der Waals surface area contributed by atoms with Crippen molar-refractivity contribution in [3.63, 3.8) is 0 Å². The van der Waals surface area contributed by atoms with Crippen molar-refractivity contribution in [3.05, 3.63) is 71.4 Å². The number of likely N-dealkylation sites (tertiary alicyclic amines) is 1. The van der Waals surface area contributed by atoms with Gasteiger partial charge in [0.25, 0.3) is 5.91 Å². The maximum Gasteiger partial charge on any atom is 0.274 e. The van der Waals surface area contributed by atoms with Gasteiger partial charge in [0.2, 0.25) is 0 Å². The van der Waals surface area contributed by atoms with Crippen molar-refractivity contribution in [1.82, 2.24) is 20.0 Å². The summed E-state index contributed by atoms with van der Waals surface area (Å²) >= 11 is 0. The topological polar surface area (TPSA) is 50.2 Å². The summed E-state index contributed by atoms with van der Waals surface area (Å²) in [6, 6.07) is 19.1. The normalized spacial score (nSPS) is 16.7. The highest BCUT2D eigenvalue weighted by atomic mass is 16.2. The monoisotopic (exact) mass is 416 g/mol. The van der Waals surface area contributed by atoms with Crippen LogP contribution in [0.1, 0.15) is 54.2 Å². The number of nitrogens with zero attached hydrogens (tertiary/aromatic N) is 3. The summed E-state index contributed by atoms with van der Waals surface area (Å²) in [5.41, 5.74) is 5.94. The largest absolute Gasteiger partial charge is 0.336 e. The number of hydrogen-bond donors (Lipinski definition) is 1. The van der Waals surface area contributed by atoms with Crippen molar-refractivity contribution in [3.8, 4) is 16.9 Å². The Morgan fingerprint density at radius 3 is 2.45 bits per heavy atom. The Morgan fingerprint density at radius 2 is 1.81 bits per heavy atom. The number of likely N-dealkylation sites (N-methyl/N-ethyl adjacent to an activating group) is 1. The first-order chi connectivity index (χ1) is 15.0. The van der Waals surface area contributed by atoms with Gasteiger partial charge in [-0.15, -0.1) is 0 Å². The predicted molar refractivity (Wildman–Crippen MR) is 126 cm³/mol. The second kappa shape index (κ2) is 9.06. The van der Waals surface area contributed by atoms with Crippen LogP contribution in [-0.2, 0) is 0 Å². The molecule has 0 spiro atoms. The molecule has 1 fully saturated rings. The van der Waals surface area contributed by atoms with Gasteiger partial charge in [-0.2, -0.15) is 5.10 Å². The van der Waals surface area contributed by atoms with Gasteiger partial charge in [-0.3, -0.25) is 4.79 Å². The van der Waals surface area contributed by atoms with E-state index in [1.54, 1.807) is 0 Å². The number of piperidine rings is 1. The molecule has 5 heteroatoms. The van der Waals surface area contributed by atoms with Crippen LogP contribution in [0.5, 0.6) is 0 Å². The Morgan fingerprint density at radius 1 is 1.10 bits per heavy atom. The van der Waals surface area contributed by atoms with Crippen LogP contribution in [0, 0.1) is 6.92 Å². The molecule has 0 bridgehead atoms. The van der Waals surface area contributed by atoms with E-state index in [1.807, 2.05) is 22.7 Å². The highest BCUT2D eigenvalue weighted by Gasteiger charge is 2.26. The van der Waals surface area contributed by atoms with Crippen LogP contribution in [0.25, 0.3) is 16.9 Å². The number of benzene rings is 2. The lowest BCUT2D eigenvalue weighted by atomic mass is 10.0. The van der Waals surface area contributed by atoms with Gasteiger partial charge in [-0.25, -0.2) is 4.68 Å². The summed E-state index contributed by atoms with van der Waals surface area (Å²) < 4.78 is 1.90. The molecule has 0 saturated carbocycles. The SMILES string of the molecule is CN[C@@H]1CCCN(C(=O)c2cc(-c3ccc(C)cc3)n(-c3ccc(C(C)C)cc3)n2)C1. The van der Waals surface area contributed by atoms with Crippen molar-refractivity contribution in [2.75, 3.05) is 20.1 Å². The minimum Gasteiger partial charge on any atom is -0.336 e. The molecule has 1 aliphatic heterocycles. The van der Waals surface area contributed by atoms with Crippen LogP contribution in [-0.4, -0.2) is 46.8 Å². The van der Waals surface area contributed by atoms with Crippen LogP contribution in [0.15, 0.2) is 54.6 Å². The Balaban J connectivity index is 1.73. The third kappa shape index (κ3) is 4.57. The molecule has 162 valence electrons. The van der Waals surface area contributed by atoms with E-state index in [-0.39, 0.29) is 5.91 Å². The Kier molecular flexibility index (Phi) is 6.23. The molecule has 0 aliphatic carbocycles. The number of aromatic nitrogens is 2. The average molecular weight is 417 g/mol. The zero-order valence-corrected chi connectivity index (χ0v) is 18.9. The molecular weight excluding hydrogens is 384 g/mol. The fraction of sp³-hybridized carbons (Fsp3) is 0.385. The van der Waals surface area contributed by atoms with E-state index in [1.165, 1.54) is 11.1 Å². The molecular formula is C26H32N4O. The minimum atomic E-state index is 0.00543. The van der Waals surface area contributed by atoms with Crippen molar-refractivity contribution in [2.45, 2.75) is 45.6 Å². The quantitative estimate of drug-likeness (QED) is 0.650. The zero-order chi connectivity index (χ0) is 22.0. The van der Waals surface area contributed by atoms with Gasteiger partial charge in [-0.05, 0) is 56.5 Å². The third-order valence-corrected chi connectivity index (χ3v) is 6.20. The first-order valence-electron chi connectivity index (χ1n) is 11.2. The van der Waals surface area contributed by atoms with Crippen LogP contribution in [0.3, 0.4) is 0 Å². The highest BCUT2D eigenvalue weighted by molar-refractivity contribution is 5.93. The summed E-state index contributed by atoms with van der Waals surface area (Å²) in [6.07, 6.45) is 2.12. The first kappa shape index (κ1) is 21.3. The molecule has 1 N–H and O–H groups in total. The Hall–Kier alpha value is -2.92. The lowest BCUT2D eigenvalue weighted by Gasteiger charge is -2.32. The third-order valence-electron chi connectivity index (χ3n) is 6.20. The van der Waals surface area contributed by atoms with Crippen LogP contribution >= 0.6 is 0 Å². The molecule has 2 heterocycles. The molecule has 31 heavy (non-hydrogen) atoms. The summed E-state index contributed by atoms with van der Waals surface area (Å²) in [5.74, 6) is 0.477. The summed E-state index contributed by atoms with van der Waals surface area (Å²) in [4.78, 5) is 15.2. The number of aryl methyl sites for hydroxylation is 1. The molecule has 4 rings (SSSR count). The minimum absolute atomic E-state index is 0.00543. The molecule has 3 aromatic rings. The summed E-state index contributed by atoms with van der Waals surface area (Å²) in [7, 11) is 1.96. The smallest absolute Gasteiger partial charge is 0.274 e. The Labute approximate surface area is 185 Å². The summed E-state index contributed by atoms with van der Waals surface area (Å²) in [5, 5.41) is 8.09. The standard InChI is InChI=1S/C26H32N4O/c1-18(2)20-11-13-23(14-12-20)30-25(21-9-7-19(3)8-10-21)16-24(28-30)26(31)29-15-5-6-22(17-29)27-4/h7-14,16,18,22,27H,5-6,15,17H2,1-4H3/t22-/m1/s1. The molecule has 1 aliphatic rings. The Bertz CT molecular complexity index is 1030.